The molecule has 1 aromatic heterocycles. The molecular formula is C11H19N3O3S2. The second kappa shape index (κ2) is 5.35. The first kappa shape index (κ1) is 14.7. The molecule has 2 unspecified atom stereocenters. The Bertz CT molecular complexity index is 605. The normalized spacial score (nSPS) is 25.6. The van der Waals surface area contributed by atoms with Crippen molar-refractivity contribution in [3.8, 4) is 0 Å². The van der Waals surface area contributed by atoms with Gasteiger partial charge in [0.2, 0.25) is 0 Å². The van der Waals surface area contributed by atoms with Crippen molar-refractivity contribution in [3.05, 3.63) is 15.4 Å². The van der Waals surface area contributed by atoms with Gasteiger partial charge in [-0.05, 0) is 26.7 Å². The van der Waals surface area contributed by atoms with Gasteiger partial charge < -0.3 is 10.7 Å². The first-order chi connectivity index (χ1) is 8.87. The molecule has 0 aliphatic carbocycles. The first-order valence-corrected chi connectivity index (χ1v) is 8.57. The summed E-state index contributed by atoms with van der Waals surface area (Å²) in [6, 6.07) is -0.255. The summed E-state index contributed by atoms with van der Waals surface area (Å²) in [6.45, 7) is 3.81. The van der Waals surface area contributed by atoms with E-state index in [1.54, 1.807) is 6.92 Å². The van der Waals surface area contributed by atoms with E-state index >= 15 is 0 Å². The third-order valence-electron chi connectivity index (χ3n) is 3.52. The summed E-state index contributed by atoms with van der Waals surface area (Å²) in [7, 11) is -3.64. The zero-order valence-corrected chi connectivity index (χ0v) is 12.7. The van der Waals surface area contributed by atoms with Crippen LogP contribution in [0.25, 0.3) is 0 Å². The number of H-pyrrole nitrogens is 1. The van der Waals surface area contributed by atoms with Gasteiger partial charge in [-0.3, -0.25) is 4.79 Å². The van der Waals surface area contributed by atoms with Crippen molar-refractivity contribution in [3.63, 3.8) is 0 Å². The molecule has 0 spiro atoms. The van der Waals surface area contributed by atoms with Crippen LogP contribution in [0.4, 0.5) is 0 Å². The minimum atomic E-state index is -3.64. The zero-order valence-electron chi connectivity index (χ0n) is 11.0. The van der Waals surface area contributed by atoms with E-state index in [4.69, 9.17) is 5.73 Å². The Balaban J connectivity index is 2.47. The van der Waals surface area contributed by atoms with Gasteiger partial charge in [-0.1, -0.05) is 17.8 Å². The maximum Gasteiger partial charge on any atom is 0.305 e. The number of nitrogens with two attached hydrogens (primary N) is 1. The van der Waals surface area contributed by atoms with Crippen molar-refractivity contribution in [2.24, 2.45) is 5.73 Å². The molecular weight excluding hydrogens is 286 g/mol. The summed E-state index contributed by atoms with van der Waals surface area (Å²) < 4.78 is 27.1. The fraction of sp³-hybridized carbons (Fsp3) is 0.727. The van der Waals surface area contributed by atoms with Crippen LogP contribution in [0.5, 0.6) is 0 Å². The Morgan fingerprint density at radius 2 is 2.16 bits per heavy atom. The molecule has 19 heavy (non-hydrogen) atoms. The molecule has 0 radical (unpaired) electrons. The van der Waals surface area contributed by atoms with Crippen LogP contribution < -0.4 is 10.6 Å². The lowest BCUT2D eigenvalue weighted by Gasteiger charge is -2.38. The average molecular weight is 305 g/mol. The summed E-state index contributed by atoms with van der Waals surface area (Å²) in [4.78, 5) is 13.5. The molecule has 1 fully saturated rings. The predicted molar refractivity (Wildman–Crippen MR) is 74.9 cm³/mol. The Kier molecular flexibility index (Phi) is 4.14. The molecule has 2 rings (SSSR count). The van der Waals surface area contributed by atoms with Gasteiger partial charge in [0.25, 0.3) is 10.0 Å². The number of nitrogens with zero attached hydrogens (tertiary/aromatic N) is 1. The molecule has 3 N–H and O–H groups in total. The van der Waals surface area contributed by atoms with Crippen LogP contribution >= 0.6 is 11.3 Å². The van der Waals surface area contributed by atoms with Gasteiger partial charge in [0.05, 0.1) is 0 Å². The largest absolute Gasteiger partial charge is 0.329 e. The minimum Gasteiger partial charge on any atom is -0.329 e. The van der Waals surface area contributed by atoms with E-state index in [0.717, 1.165) is 30.6 Å². The van der Waals surface area contributed by atoms with E-state index in [1.807, 2.05) is 6.92 Å². The smallest absolute Gasteiger partial charge is 0.305 e. The molecule has 6 nitrogen and oxygen atoms in total. The zero-order chi connectivity index (χ0) is 14.2. The van der Waals surface area contributed by atoms with Crippen molar-refractivity contribution in [2.45, 2.75) is 49.4 Å². The topological polar surface area (TPSA) is 96.3 Å². The molecule has 0 amide bonds. The molecule has 0 saturated carbocycles. The van der Waals surface area contributed by atoms with Gasteiger partial charge in [-0.25, -0.2) is 8.42 Å². The molecule has 1 aliphatic heterocycles. The van der Waals surface area contributed by atoms with Gasteiger partial charge in [-0.2, -0.15) is 4.31 Å². The minimum absolute atomic E-state index is 0.0797. The average Bonchev–Trinajstić information content (AvgIpc) is 2.68. The fourth-order valence-electron chi connectivity index (χ4n) is 2.65. The van der Waals surface area contributed by atoms with E-state index in [2.05, 4.69) is 4.98 Å². The number of rotatable bonds is 3. The number of hydrogen-bond donors (Lipinski definition) is 2. The van der Waals surface area contributed by atoms with E-state index in [9.17, 15) is 13.2 Å². The van der Waals surface area contributed by atoms with Crippen LogP contribution in [-0.4, -0.2) is 36.3 Å². The highest BCUT2D eigenvalue weighted by Crippen LogP contribution is 2.31. The molecule has 2 atom stereocenters. The SMILES string of the molecule is Cc1[nH]c(=O)sc1S(=O)(=O)N1C(C)CCCC1CN. The lowest BCUT2D eigenvalue weighted by molar-refractivity contribution is 0.196. The van der Waals surface area contributed by atoms with Gasteiger partial charge >= 0.3 is 4.87 Å². The molecule has 1 saturated heterocycles. The summed E-state index contributed by atoms with van der Waals surface area (Å²) >= 11 is 0.748. The number of thiazole rings is 1. The Labute approximate surface area is 116 Å². The quantitative estimate of drug-likeness (QED) is 0.856. The number of sulfonamides is 1. The maximum absolute atomic E-state index is 12.7. The molecule has 108 valence electrons. The van der Waals surface area contributed by atoms with E-state index < -0.39 is 10.0 Å². The van der Waals surface area contributed by atoms with Crippen LogP contribution in [0.3, 0.4) is 0 Å². The highest BCUT2D eigenvalue weighted by molar-refractivity contribution is 7.91. The number of aromatic nitrogens is 1. The number of hydrogen-bond acceptors (Lipinski definition) is 5. The van der Waals surface area contributed by atoms with Crippen LogP contribution in [0.1, 0.15) is 31.9 Å². The lowest BCUT2D eigenvalue weighted by atomic mass is 10.00. The van der Waals surface area contributed by atoms with Crippen LogP contribution in [0, 0.1) is 6.92 Å². The second-order valence-electron chi connectivity index (χ2n) is 4.93. The summed E-state index contributed by atoms with van der Waals surface area (Å²) in [5, 5.41) is 0. The highest BCUT2D eigenvalue weighted by Gasteiger charge is 2.38. The Morgan fingerprint density at radius 1 is 1.47 bits per heavy atom. The molecule has 8 heteroatoms. The van der Waals surface area contributed by atoms with Gasteiger partial charge in [-0.15, -0.1) is 0 Å². The highest BCUT2D eigenvalue weighted by atomic mass is 32.2. The number of aryl methyl sites for hydroxylation is 1. The molecule has 1 aromatic rings. The second-order valence-corrected chi connectivity index (χ2v) is 7.95. The van der Waals surface area contributed by atoms with E-state index in [1.165, 1.54) is 4.31 Å². The van der Waals surface area contributed by atoms with Crippen LogP contribution in [-0.2, 0) is 10.0 Å². The summed E-state index contributed by atoms with van der Waals surface area (Å²) in [5.74, 6) is 0. The van der Waals surface area contributed by atoms with E-state index in [0.29, 0.717) is 12.2 Å². The Hall–Kier alpha value is -0.700. The van der Waals surface area contributed by atoms with Crippen molar-refractivity contribution < 1.29 is 8.42 Å². The standard InChI is InChI=1S/C11H19N3O3S2/c1-7-4-3-5-9(6-12)14(7)19(16,17)10-8(2)13-11(15)18-10/h7,9H,3-6,12H2,1-2H3,(H,13,15). The maximum atomic E-state index is 12.7. The predicted octanol–water partition coefficient (Wildman–Crippen LogP) is 0.635. The van der Waals surface area contributed by atoms with Crippen LogP contribution in [0.15, 0.2) is 9.00 Å². The van der Waals surface area contributed by atoms with Crippen molar-refractivity contribution >= 4 is 21.4 Å². The summed E-state index contributed by atoms with van der Waals surface area (Å²) in [6.07, 6.45) is 2.59. The van der Waals surface area contributed by atoms with Crippen molar-refractivity contribution in [1.82, 2.24) is 9.29 Å². The molecule has 2 heterocycles. The van der Waals surface area contributed by atoms with Crippen molar-refractivity contribution in [2.75, 3.05) is 6.54 Å². The Morgan fingerprint density at radius 3 is 2.68 bits per heavy atom. The number of nitrogens with one attached hydrogen (secondary N) is 1. The monoisotopic (exact) mass is 305 g/mol. The van der Waals surface area contributed by atoms with Gasteiger partial charge in [0.1, 0.15) is 0 Å². The third kappa shape index (κ3) is 2.62. The van der Waals surface area contributed by atoms with Gasteiger partial charge in [0, 0.05) is 24.3 Å². The molecule has 0 bridgehead atoms. The van der Waals surface area contributed by atoms with Crippen molar-refractivity contribution in [1.29, 1.82) is 0 Å². The first-order valence-electron chi connectivity index (χ1n) is 6.31. The van der Waals surface area contributed by atoms with Crippen LogP contribution in [0.2, 0.25) is 0 Å². The lowest BCUT2D eigenvalue weighted by Crippen LogP contribution is -2.51. The fourth-order valence-corrected chi connectivity index (χ4v) is 5.93. The molecule has 0 aromatic carbocycles. The molecule has 1 aliphatic rings. The van der Waals surface area contributed by atoms with E-state index in [-0.39, 0.29) is 21.2 Å². The van der Waals surface area contributed by atoms with Gasteiger partial charge in [0.15, 0.2) is 4.21 Å². The third-order valence-corrected chi connectivity index (χ3v) is 7.17. The number of piperidine rings is 1. The summed E-state index contributed by atoms with van der Waals surface area (Å²) in [5.41, 5.74) is 6.11. The number of aromatic amines is 1.